The Bertz CT molecular complexity index is 857. The number of aliphatic hydroxyl groups excluding tert-OH is 1. The molecule has 1 atom stereocenters. The van der Waals surface area contributed by atoms with E-state index in [4.69, 9.17) is 9.47 Å². The van der Waals surface area contributed by atoms with Gasteiger partial charge in [0.05, 0.1) is 25.8 Å². The van der Waals surface area contributed by atoms with E-state index in [9.17, 15) is 14.7 Å². The molecule has 1 aliphatic rings. The first-order chi connectivity index (χ1) is 12.1. The summed E-state index contributed by atoms with van der Waals surface area (Å²) in [6.07, 6.45) is 0. The van der Waals surface area contributed by atoms with E-state index in [0.717, 1.165) is 0 Å². The molecule has 0 bridgehead atoms. The van der Waals surface area contributed by atoms with Crippen LogP contribution < -0.4 is 14.8 Å². The third-order valence-corrected chi connectivity index (χ3v) is 4.06. The largest absolute Gasteiger partial charge is 0.507 e. The van der Waals surface area contributed by atoms with Gasteiger partial charge < -0.3 is 19.9 Å². The van der Waals surface area contributed by atoms with E-state index in [0.29, 0.717) is 22.6 Å². The van der Waals surface area contributed by atoms with Crippen LogP contribution >= 0.6 is 0 Å². The lowest BCUT2D eigenvalue weighted by molar-refractivity contribution is -0.133. The SMILES string of the molecule is COc1ccc([C@@H]2NC(=O)C(=O)C2=C(O)c2ccccc2)cc1OC. The van der Waals surface area contributed by atoms with Crippen molar-refractivity contribution in [2.24, 2.45) is 0 Å². The fourth-order valence-electron chi connectivity index (χ4n) is 2.80. The number of aliphatic hydroxyl groups is 1. The normalized spacial score (nSPS) is 18.7. The van der Waals surface area contributed by atoms with Gasteiger partial charge in [-0.05, 0) is 17.7 Å². The zero-order valence-electron chi connectivity index (χ0n) is 13.8. The molecule has 128 valence electrons. The van der Waals surface area contributed by atoms with Crippen LogP contribution in [-0.4, -0.2) is 31.0 Å². The molecule has 6 nitrogen and oxygen atoms in total. The Balaban J connectivity index is 2.11. The van der Waals surface area contributed by atoms with E-state index in [-0.39, 0.29) is 11.3 Å². The van der Waals surface area contributed by atoms with Crippen molar-refractivity contribution in [2.75, 3.05) is 14.2 Å². The Labute approximate surface area is 144 Å². The van der Waals surface area contributed by atoms with Gasteiger partial charge in [0, 0.05) is 5.56 Å². The van der Waals surface area contributed by atoms with Gasteiger partial charge >= 0.3 is 0 Å². The molecule has 25 heavy (non-hydrogen) atoms. The summed E-state index contributed by atoms with van der Waals surface area (Å²) in [5.41, 5.74) is 1.09. The highest BCUT2D eigenvalue weighted by molar-refractivity contribution is 6.46. The van der Waals surface area contributed by atoms with Gasteiger partial charge in [-0.25, -0.2) is 0 Å². The molecule has 1 saturated heterocycles. The zero-order valence-corrected chi connectivity index (χ0v) is 13.8. The summed E-state index contributed by atoms with van der Waals surface area (Å²) >= 11 is 0. The van der Waals surface area contributed by atoms with Gasteiger partial charge in [-0.3, -0.25) is 9.59 Å². The molecule has 1 amide bonds. The summed E-state index contributed by atoms with van der Waals surface area (Å²) in [6, 6.07) is 12.9. The number of carbonyl (C=O) groups is 2. The Hall–Kier alpha value is -3.28. The molecule has 1 heterocycles. The number of carbonyl (C=O) groups excluding carboxylic acids is 2. The Kier molecular flexibility index (Phi) is 4.43. The maximum atomic E-state index is 12.3. The summed E-state index contributed by atoms with van der Waals surface area (Å²) in [4.78, 5) is 24.2. The van der Waals surface area contributed by atoms with E-state index < -0.39 is 17.7 Å². The van der Waals surface area contributed by atoms with Gasteiger partial charge in [-0.1, -0.05) is 36.4 Å². The number of benzene rings is 2. The third kappa shape index (κ3) is 2.94. The highest BCUT2D eigenvalue weighted by Crippen LogP contribution is 2.36. The van der Waals surface area contributed by atoms with Crippen molar-refractivity contribution in [2.45, 2.75) is 6.04 Å². The molecule has 1 aliphatic heterocycles. The quantitative estimate of drug-likeness (QED) is 0.508. The van der Waals surface area contributed by atoms with E-state index in [2.05, 4.69) is 5.32 Å². The highest BCUT2D eigenvalue weighted by Gasteiger charge is 2.39. The van der Waals surface area contributed by atoms with Gasteiger partial charge in [0.15, 0.2) is 11.5 Å². The van der Waals surface area contributed by atoms with Crippen molar-refractivity contribution in [3.8, 4) is 11.5 Å². The van der Waals surface area contributed by atoms with Gasteiger partial charge in [-0.15, -0.1) is 0 Å². The van der Waals surface area contributed by atoms with Crippen molar-refractivity contribution in [1.29, 1.82) is 0 Å². The molecular weight excluding hydrogens is 322 g/mol. The summed E-state index contributed by atoms with van der Waals surface area (Å²) in [5.74, 6) is -0.728. The molecule has 0 radical (unpaired) electrons. The van der Waals surface area contributed by atoms with E-state index >= 15 is 0 Å². The van der Waals surface area contributed by atoms with Crippen LogP contribution in [0, 0.1) is 0 Å². The molecule has 0 unspecified atom stereocenters. The molecule has 2 aromatic rings. The average Bonchev–Trinajstić information content (AvgIpc) is 2.96. The van der Waals surface area contributed by atoms with Crippen LogP contribution in [0.1, 0.15) is 17.2 Å². The van der Waals surface area contributed by atoms with Crippen LogP contribution in [-0.2, 0) is 9.59 Å². The number of Topliss-reactive ketones (excluding diaryl/α,β-unsaturated/α-hetero) is 1. The standard InChI is InChI=1S/C19H17NO5/c1-24-13-9-8-12(10-14(13)25-2)16-15(18(22)19(23)20-16)17(21)11-6-4-3-5-7-11/h3-10,16,21H,1-2H3,(H,20,23)/t16-/m0/s1. The summed E-state index contributed by atoms with van der Waals surface area (Å²) in [7, 11) is 3.02. The Morgan fingerprint density at radius 1 is 1.00 bits per heavy atom. The molecule has 0 saturated carbocycles. The van der Waals surface area contributed by atoms with Crippen molar-refractivity contribution >= 4 is 17.4 Å². The lowest BCUT2D eigenvalue weighted by Gasteiger charge is -2.16. The van der Waals surface area contributed by atoms with Gasteiger partial charge in [-0.2, -0.15) is 0 Å². The van der Waals surface area contributed by atoms with Crippen LogP contribution in [0.4, 0.5) is 0 Å². The number of ketones is 1. The van der Waals surface area contributed by atoms with E-state index in [1.807, 2.05) is 0 Å². The van der Waals surface area contributed by atoms with Gasteiger partial charge in [0.25, 0.3) is 11.7 Å². The second-order valence-electron chi connectivity index (χ2n) is 5.48. The number of nitrogens with one attached hydrogen (secondary N) is 1. The first kappa shape index (κ1) is 16.6. The minimum Gasteiger partial charge on any atom is -0.507 e. The number of rotatable bonds is 4. The van der Waals surface area contributed by atoms with Gasteiger partial charge in [0.1, 0.15) is 5.76 Å². The maximum Gasteiger partial charge on any atom is 0.293 e. The number of hydrogen-bond acceptors (Lipinski definition) is 5. The second kappa shape index (κ2) is 6.68. The minimum atomic E-state index is -0.764. The summed E-state index contributed by atoms with van der Waals surface area (Å²) in [6.45, 7) is 0. The molecule has 0 aromatic heterocycles. The minimum absolute atomic E-state index is 0.0171. The van der Waals surface area contributed by atoms with Crippen LogP contribution in [0.5, 0.6) is 11.5 Å². The van der Waals surface area contributed by atoms with Crippen LogP contribution in [0.15, 0.2) is 54.1 Å². The summed E-state index contributed by atoms with van der Waals surface area (Å²) in [5, 5.41) is 13.2. The fourth-order valence-corrected chi connectivity index (χ4v) is 2.80. The van der Waals surface area contributed by atoms with Gasteiger partial charge in [0.2, 0.25) is 0 Å². The smallest absolute Gasteiger partial charge is 0.293 e. The molecule has 3 rings (SSSR count). The molecule has 6 heteroatoms. The number of ether oxygens (including phenoxy) is 2. The molecule has 2 aromatic carbocycles. The molecule has 1 fully saturated rings. The molecular formula is C19H17NO5. The lowest BCUT2D eigenvalue weighted by atomic mass is 9.95. The topological polar surface area (TPSA) is 84.9 Å². The Morgan fingerprint density at radius 3 is 2.32 bits per heavy atom. The second-order valence-corrected chi connectivity index (χ2v) is 5.48. The predicted molar refractivity (Wildman–Crippen MR) is 91.4 cm³/mol. The van der Waals surface area contributed by atoms with Crippen molar-refractivity contribution in [3.63, 3.8) is 0 Å². The number of amides is 1. The average molecular weight is 339 g/mol. The van der Waals surface area contributed by atoms with Crippen LogP contribution in [0.3, 0.4) is 0 Å². The van der Waals surface area contributed by atoms with Crippen molar-refractivity contribution in [1.82, 2.24) is 5.32 Å². The first-order valence-corrected chi connectivity index (χ1v) is 7.62. The highest BCUT2D eigenvalue weighted by atomic mass is 16.5. The molecule has 0 spiro atoms. The van der Waals surface area contributed by atoms with Crippen molar-refractivity contribution in [3.05, 3.63) is 65.2 Å². The fraction of sp³-hybridized carbons (Fsp3) is 0.158. The Morgan fingerprint density at radius 2 is 1.68 bits per heavy atom. The number of methoxy groups -OCH3 is 2. The summed E-state index contributed by atoms with van der Waals surface area (Å²) < 4.78 is 10.5. The maximum absolute atomic E-state index is 12.3. The molecule has 2 N–H and O–H groups in total. The zero-order chi connectivity index (χ0) is 18.0. The first-order valence-electron chi connectivity index (χ1n) is 7.62. The van der Waals surface area contributed by atoms with Crippen LogP contribution in [0.2, 0.25) is 0 Å². The van der Waals surface area contributed by atoms with E-state index in [1.54, 1.807) is 48.5 Å². The van der Waals surface area contributed by atoms with E-state index in [1.165, 1.54) is 14.2 Å². The molecule has 0 aliphatic carbocycles. The van der Waals surface area contributed by atoms with Crippen molar-refractivity contribution < 1.29 is 24.2 Å². The lowest BCUT2D eigenvalue weighted by Crippen LogP contribution is -2.21. The monoisotopic (exact) mass is 339 g/mol. The number of hydrogen-bond donors (Lipinski definition) is 2. The third-order valence-electron chi connectivity index (χ3n) is 4.06. The van der Waals surface area contributed by atoms with Crippen LogP contribution in [0.25, 0.3) is 5.76 Å². The predicted octanol–water partition coefficient (Wildman–Crippen LogP) is 2.41.